The highest BCUT2D eigenvalue weighted by Crippen LogP contribution is 2.61. The number of Topliss-reactive ketones (excluding diaryl/α,β-unsaturated/α-hetero) is 1. The van der Waals surface area contributed by atoms with Crippen molar-refractivity contribution in [1.82, 2.24) is 30.2 Å². The van der Waals surface area contributed by atoms with E-state index in [4.69, 9.17) is 19.5 Å². The zero-order valence-corrected chi connectivity index (χ0v) is 35.9. The highest BCUT2D eigenvalue weighted by Gasteiger charge is 2.50. The Morgan fingerprint density at radius 2 is 1.71 bits per heavy atom. The first kappa shape index (κ1) is 50.8. The molecular weight excluding hydrogens is 918 g/mol. The average molecular weight is 962 g/mol. The summed E-state index contributed by atoms with van der Waals surface area (Å²) in [7, 11) is -16.5. The number of nitrogen functional groups attached to an aromatic ring is 1. The largest absolute Gasteiger partial charge is 0.481 e. The van der Waals surface area contributed by atoms with Gasteiger partial charge in [-0.05, 0) is 12.1 Å². The number of hydrogen-bond donors (Lipinski definition) is 10. The van der Waals surface area contributed by atoms with E-state index in [9.17, 15) is 72.2 Å². The number of imidazole rings is 1. The zero-order chi connectivity index (χ0) is 46.2. The maximum Gasteiger partial charge on any atom is 0.481 e. The first-order valence-corrected chi connectivity index (χ1v) is 23.4. The summed E-state index contributed by atoms with van der Waals surface area (Å²) in [6.07, 6.45) is -7.76. The number of halogens is 1. The molecule has 2 amide bonds. The van der Waals surface area contributed by atoms with Crippen LogP contribution >= 0.6 is 35.2 Å². The summed E-state index contributed by atoms with van der Waals surface area (Å²) in [4.78, 5) is 99.9. The van der Waals surface area contributed by atoms with Gasteiger partial charge in [-0.3, -0.25) is 37.3 Å². The van der Waals surface area contributed by atoms with E-state index < -0.39 is 114 Å². The summed E-state index contributed by atoms with van der Waals surface area (Å²) >= 11 is 0.848. The Bertz CT molecular complexity index is 2250. The number of anilines is 1. The lowest BCUT2D eigenvalue weighted by Crippen LogP contribution is -2.46. The van der Waals surface area contributed by atoms with Crippen molar-refractivity contribution < 1.29 is 94.8 Å². The summed E-state index contributed by atoms with van der Waals surface area (Å²) < 4.78 is 76.0. The van der Waals surface area contributed by atoms with Gasteiger partial charge in [-0.15, -0.1) is 11.8 Å². The summed E-state index contributed by atoms with van der Waals surface area (Å²) in [5.41, 5.74) is 3.90. The molecule has 1 aliphatic rings. The van der Waals surface area contributed by atoms with Gasteiger partial charge in [-0.25, -0.2) is 33.0 Å². The van der Waals surface area contributed by atoms with Gasteiger partial charge >= 0.3 is 29.4 Å². The SMILES string of the molecule is CC(C)(COP(=O)(O)OP(=O)(O)OC[C@H]1O[C@@H](n2cnc3c(N)ncnc32)[C@H](O)[C@@H]1OP(=O)(O)O)[C@@H](O)C(=O)NCCC(=O)NCCSC(CC(=O)c1ccccc1F)C(=O)O. The second kappa shape index (κ2) is 21.2. The van der Waals surface area contributed by atoms with Crippen molar-refractivity contribution in [2.45, 2.75) is 62.6 Å². The second-order valence-electron chi connectivity index (χ2n) is 13.9. The molecule has 3 unspecified atom stereocenters. The summed E-state index contributed by atoms with van der Waals surface area (Å²) in [6, 6.07) is 5.13. The fourth-order valence-corrected chi connectivity index (χ4v) is 9.26. The summed E-state index contributed by atoms with van der Waals surface area (Å²) in [6.45, 7) is -0.0382. The number of aliphatic hydroxyl groups is 2. The number of thioether (sulfide) groups is 1. The lowest BCUT2D eigenvalue weighted by molar-refractivity contribution is -0.137. The lowest BCUT2D eigenvalue weighted by atomic mass is 9.87. The van der Waals surface area contributed by atoms with Crippen LogP contribution in [0.5, 0.6) is 0 Å². The maximum atomic E-state index is 13.9. The minimum absolute atomic E-state index is 0.0102. The van der Waals surface area contributed by atoms with E-state index in [1.54, 1.807) is 0 Å². The van der Waals surface area contributed by atoms with E-state index in [1.807, 2.05) is 0 Å². The van der Waals surface area contributed by atoms with Gasteiger partial charge in [0.2, 0.25) is 11.8 Å². The van der Waals surface area contributed by atoms with Crippen molar-refractivity contribution in [2.75, 3.05) is 37.8 Å². The first-order chi connectivity index (χ1) is 28.8. The predicted molar refractivity (Wildman–Crippen MR) is 209 cm³/mol. The number of carbonyl (C=O) groups is 4. The van der Waals surface area contributed by atoms with Crippen molar-refractivity contribution in [2.24, 2.45) is 5.41 Å². The van der Waals surface area contributed by atoms with Gasteiger partial charge in [0.15, 0.2) is 23.5 Å². The molecule has 3 aromatic rings. The number of amides is 2. The highest BCUT2D eigenvalue weighted by molar-refractivity contribution is 8.00. The Hall–Kier alpha value is -3.82. The molecule has 11 N–H and O–H groups in total. The van der Waals surface area contributed by atoms with E-state index in [0.29, 0.717) is 0 Å². The van der Waals surface area contributed by atoms with Gasteiger partial charge in [-0.2, -0.15) is 4.31 Å². The minimum atomic E-state index is -5.62. The number of fused-ring (bicyclic) bond motifs is 1. The number of phosphoric acid groups is 3. The van der Waals surface area contributed by atoms with E-state index in [0.717, 1.165) is 35.0 Å². The van der Waals surface area contributed by atoms with E-state index in [-0.39, 0.29) is 47.8 Å². The molecule has 0 bridgehead atoms. The zero-order valence-electron chi connectivity index (χ0n) is 32.4. The van der Waals surface area contributed by atoms with Crippen LogP contribution in [0.2, 0.25) is 0 Å². The number of hydrogen-bond acceptors (Lipinski definition) is 19. The molecule has 1 fully saturated rings. The number of aliphatic hydroxyl groups excluding tert-OH is 2. The van der Waals surface area contributed by atoms with Gasteiger partial charge in [0.25, 0.3) is 0 Å². The molecule has 26 nitrogen and oxygen atoms in total. The van der Waals surface area contributed by atoms with Crippen LogP contribution in [0.4, 0.5) is 10.2 Å². The number of nitrogens with zero attached hydrogens (tertiary/aromatic N) is 4. The van der Waals surface area contributed by atoms with Gasteiger partial charge in [-0.1, -0.05) is 26.0 Å². The molecule has 0 saturated carbocycles. The van der Waals surface area contributed by atoms with Crippen LogP contribution < -0.4 is 16.4 Å². The number of carboxylic acid groups (broad SMARTS) is 1. The number of aliphatic carboxylic acids is 1. The smallest absolute Gasteiger partial charge is 0.480 e. The van der Waals surface area contributed by atoms with Crippen molar-refractivity contribution >= 4 is 75.8 Å². The second-order valence-corrected chi connectivity index (χ2v) is 19.4. The van der Waals surface area contributed by atoms with E-state index in [1.165, 1.54) is 32.0 Å². The van der Waals surface area contributed by atoms with Crippen molar-refractivity contribution in [3.8, 4) is 0 Å². The van der Waals surface area contributed by atoms with Crippen LogP contribution in [-0.4, -0.2) is 140 Å². The third-order valence-corrected chi connectivity index (χ3v) is 13.0. The normalized spacial score (nSPS) is 21.1. The molecule has 31 heteroatoms. The predicted octanol–water partition coefficient (Wildman–Crippen LogP) is 0.00340. The van der Waals surface area contributed by atoms with Crippen molar-refractivity contribution in [1.29, 1.82) is 0 Å². The van der Waals surface area contributed by atoms with Gasteiger partial charge in [0.05, 0.1) is 25.1 Å². The Morgan fingerprint density at radius 1 is 1.03 bits per heavy atom. The Balaban J connectivity index is 1.21. The molecule has 0 aliphatic carbocycles. The Morgan fingerprint density at radius 3 is 2.37 bits per heavy atom. The molecule has 1 aliphatic heterocycles. The fourth-order valence-electron chi connectivity index (χ4n) is 5.51. The fraction of sp³-hybridized carbons (Fsp3) is 0.516. The lowest BCUT2D eigenvalue weighted by Gasteiger charge is -2.30. The average Bonchev–Trinajstić information content (AvgIpc) is 3.74. The van der Waals surface area contributed by atoms with Crippen LogP contribution in [0, 0.1) is 11.2 Å². The van der Waals surface area contributed by atoms with Crippen LogP contribution in [0.1, 0.15) is 43.3 Å². The molecule has 0 radical (unpaired) electrons. The Labute approximate surface area is 354 Å². The quantitative estimate of drug-likeness (QED) is 0.0321. The minimum Gasteiger partial charge on any atom is -0.480 e. The molecule has 4 rings (SSSR count). The number of nitrogens with one attached hydrogen (secondary N) is 2. The van der Waals surface area contributed by atoms with Gasteiger partial charge in [0.1, 0.15) is 47.3 Å². The molecule has 0 spiro atoms. The number of ether oxygens (including phenoxy) is 1. The molecule has 1 aromatic carbocycles. The first-order valence-electron chi connectivity index (χ1n) is 17.8. The molecule has 62 heavy (non-hydrogen) atoms. The summed E-state index contributed by atoms with van der Waals surface area (Å²) in [5.74, 6) is -4.43. The van der Waals surface area contributed by atoms with Crippen LogP contribution in [0.15, 0.2) is 36.9 Å². The van der Waals surface area contributed by atoms with E-state index >= 15 is 0 Å². The summed E-state index contributed by atoms with van der Waals surface area (Å²) in [5, 5.41) is 34.5. The number of nitrogens with two attached hydrogens (primary N) is 1. The maximum absolute atomic E-state index is 13.9. The molecule has 344 valence electrons. The number of benzene rings is 1. The number of rotatable bonds is 24. The van der Waals surface area contributed by atoms with Gasteiger partial charge in [0, 0.05) is 37.1 Å². The molecule has 2 aromatic heterocycles. The standard InChI is InChI=1S/C31H43FN7O19P3S/c1-31(2,25(43)28(44)35-8-7-21(41)34-9-10-62-20(30(45)46)11-18(40)16-5-3-4-6-17(16)32)13-55-61(52,53)58-60(50,51)54-12-19-24(57-59(47,48)49)23(42)29(56-19)39-15-38-22-26(33)36-14-37-27(22)39/h3-6,14-15,19-20,23-25,29,42-43H,7-13H2,1-2H3,(H,34,41)(H,35,44)(H,45,46)(H,50,51)(H,52,53)(H2,33,36,37)(H2,47,48,49)/t19-,20?,23-,24-,25+,29-/m1/s1. The highest BCUT2D eigenvalue weighted by atomic mass is 32.2. The third kappa shape index (κ3) is 14.4. The van der Waals surface area contributed by atoms with E-state index in [2.05, 4.69) is 34.4 Å². The molecule has 1 saturated heterocycles. The van der Waals surface area contributed by atoms with Gasteiger partial charge < -0.3 is 56.0 Å². The third-order valence-electron chi connectivity index (χ3n) is 8.64. The Kier molecular flexibility index (Phi) is 17.4. The van der Waals surface area contributed by atoms with Crippen LogP contribution in [0.25, 0.3) is 11.2 Å². The monoisotopic (exact) mass is 961 g/mol. The van der Waals surface area contributed by atoms with Crippen LogP contribution in [-0.2, 0) is 50.7 Å². The molecule has 8 atom stereocenters. The number of carboxylic acids is 1. The van der Waals surface area contributed by atoms with Crippen LogP contribution in [0.3, 0.4) is 0 Å². The number of carbonyl (C=O) groups excluding carboxylic acids is 3. The number of phosphoric ester groups is 3. The molecular formula is C31H43FN7O19P3S. The topological polar surface area (TPSA) is 401 Å². The molecule has 3 heterocycles. The number of aromatic nitrogens is 4. The van der Waals surface area contributed by atoms with Crippen molar-refractivity contribution in [3.63, 3.8) is 0 Å². The number of ketones is 1. The van der Waals surface area contributed by atoms with Crippen molar-refractivity contribution in [3.05, 3.63) is 48.3 Å².